The summed E-state index contributed by atoms with van der Waals surface area (Å²) in [6.07, 6.45) is 2.72. The van der Waals surface area contributed by atoms with Gasteiger partial charge in [-0.3, -0.25) is 10.1 Å². The fraction of sp³-hybridized carbons (Fsp3) is 0.316. The first-order valence-corrected chi connectivity index (χ1v) is 10.1. The molecule has 0 aliphatic rings. The Morgan fingerprint density at radius 1 is 1.26 bits per heavy atom. The van der Waals surface area contributed by atoms with Gasteiger partial charge in [0.1, 0.15) is 16.5 Å². The Hall–Kier alpha value is -2.19. The lowest BCUT2D eigenvalue weighted by atomic mass is 10.1. The number of benzene rings is 1. The number of anilines is 1. The number of rotatable bonds is 6. The van der Waals surface area contributed by atoms with Crippen LogP contribution in [-0.2, 0) is 12.8 Å². The third-order valence-electron chi connectivity index (χ3n) is 3.78. The lowest BCUT2D eigenvalue weighted by Crippen LogP contribution is -2.11. The zero-order valence-corrected chi connectivity index (χ0v) is 16.8. The normalized spacial score (nSPS) is 11.2. The minimum absolute atomic E-state index is 0.242. The summed E-state index contributed by atoms with van der Waals surface area (Å²) in [7, 11) is 0. The molecule has 0 aliphatic carbocycles. The second-order valence-electron chi connectivity index (χ2n) is 6.62. The lowest BCUT2D eigenvalue weighted by molar-refractivity contribution is 0.103. The topological polar surface area (TPSA) is 54.9 Å². The first-order chi connectivity index (χ1) is 12.8. The van der Waals surface area contributed by atoms with Gasteiger partial charge in [0.15, 0.2) is 5.13 Å². The third-order valence-corrected chi connectivity index (χ3v) is 5.88. The predicted octanol–water partition coefficient (Wildman–Crippen LogP) is 5.23. The predicted molar refractivity (Wildman–Crippen MR) is 105 cm³/mol. The van der Waals surface area contributed by atoms with E-state index in [-0.39, 0.29) is 12.3 Å². The van der Waals surface area contributed by atoms with Gasteiger partial charge in [-0.1, -0.05) is 19.9 Å². The molecule has 3 rings (SSSR count). The molecule has 142 valence electrons. The number of halogens is 2. The second-order valence-corrected chi connectivity index (χ2v) is 8.82. The first kappa shape index (κ1) is 19.6. The van der Waals surface area contributed by atoms with Crippen LogP contribution in [-0.4, -0.2) is 15.9 Å². The molecule has 2 aromatic heterocycles. The fourth-order valence-corrected chi connectivity index (χ4v) is 4.56. The van der Waals surface area contributed by atoms with Crippen molar-refractivity contribution in [3.8, 4) is 0 Å². The smallest absolute Gasteiger partial charge is 0.269 e. The molecule has 1 N–H and O–H groups in total. The van der Waals surface area contributed by atoms with E-state index in [4.69, 9.17) is 0 Å². The van der Waals surface area contributed by atoms with Gasteiger partial charge in [0, 0.05) is 30.0 Å². The summed E-state index contributed by atoms with van der Waals surface area (Å²) in [5.74, 6) is -0.967. The number of aryl methyl sites for hydroxylation is 1. The zero-order valence-electron chi connectivity index (χ0n) is 15.2. The maximum Gasteiger partial charge on any atom is 0.269 e. The van der Waals surface area contributed by atoms with Gasteiger partial charge in [0.25, 0.3) is 5.91 Å². The van der Waals surface area contributed by atoms with Crippen molar-refractivity contribution >= 4 is 33.7 Å². The quantitative estimate of drug-likeness (QED) is 0.609. The minimum Gasteiger partial charge on any atom is -0.297 e. The van der Waals surface area contributed by atoms with Crippen LogP contribution < -0.4 is 5.32 Å². The number of carbonyl (C=O) groups is 1. The van der Waals surface area contributed by atoms with E-state index in [0.29, 0.717) is 27.2 Å². The highest BCUT2D eigenvalue weighted by atomic mass is 32.1. The summed E-state index contributed by atoms with van der Waals surface area (Å²) < 4.78 is 26.8. The van der Waals surface area contributed by atoms with Gasteiger partial charge in [-0.15, -0.1) is 22.7 Å². The molecule has 4 nitrogen and oxygen atoms in total. The van der Waals surface area contributed by atoms with Gasteiger partial charge in [0.05, 0.1) is 10.7 Å². The van der Waals surface area contributed by atoms with Crippen LogP contribution in [0.3, 0.4) is 0 Å². The number of amides is 1. The average Bonchev–Trinajstić information content (AvgIpc) is 3.16. The summed E-state index contributed by atoms with van der Waals surface area (Å²) in [6, 6.07) is 3.50. The van der Waals surface area contributed by atoms with Gasteiger partial charge in [0.2, 0.25) is 0 Å². The SMILES string of the molecule is Cc1nc(CC(C)C)sc1C(=O)Nc1ncc(Cc2ccc(F)cc2F)s1. The Kier molecular flexibility index (Phi) is 5.96. The van der Waals surface area contributed by atoms with Crippen molar-refractivity contribution in [3.63, 3.8) is 0 Å². The first-order valence-electron chi connectivity index (χ1n) is 8.48. The molecule has 2 heterocycles. The van der Waals surface area contributed by atoms with Crippen LogP contribution in [0.15, 0.2) is 24.4 Å². The van der Waals surface area contributed by atoms with Crippen LogP contribution in [0, 0.1) is 24.5 Å². The van der Waals surface area contributed by atoms with Crippen molar-refractivity contribution in [1.29, 1.82) is 0 Å². The number of thiazole rings is 2. The fourth-order valence-electron chi connectivity index (χ4n) is 2.55. The molecule has 0 spiro atoms. The highest BCUT2D eigenvalue weighted by Gasteiger charge is 2.17. The maximum atomic E-state index is 13.8. The van der Waals surface area contributed by atoms with Gasteiger partial charge >= 0.3 is 0 Å². The molecule has 0 saturated carbocycles. The van der Waals surface area contributed by atoms with E-state index in [1.54, 1.807) is 6.20 Å². The van der Waals surface area contributed by atoms with Gasteiger partial charge in [-0.05, 0) is 24.5 Å². The molecule has 8 heteroatoms. The summed E-state index contributed by atoms with van der Waals surface area (Å²) >= 11 is 2.66. The van der Waals surface area contributed by atoms with E-state index < -0.39 is 11.6 Å². The van der Waals surface area contributed by atoms with E-state index >= 15 is 0 Å². The second kappa shape index (κ2) is 8.22. The van der Waals surface area contributed by atoms with Crippen LogP contribution in [0.25, 0.3) is 0 Å². The van der Waals surface area contributed by atoms with Gasteiger partial charge in [-0.2, -0.15) is 0 Å². The van der Waals surface area contributed by atoms with Gasteiger partial charge < -0.3 is 0 Å². The Bertz CT molecular complexity index is 966. The molecule has 3 aromatic rings. The Morgan fingerprint density at radius 2 is 2.04 bits per heavy atom. The van der Waals surface area contributed by atoms with Crippen LogP contribution in [0.5, 0.6) is 0 Å². The molecule has 0 bridgehead atoms. The molecule has 0 saturated heterocycles. The monoisotopic (exact) mass is 407 g/mol. The van der Waals surface area contributed by atoms with E-state index in [9.17, 15) is 13.6 Å². The number of hydrogen-bond donors (Lipinski definition) is 1. The Morgan fingerprint density at radius 3 is 2.74 bits per heavy atom. The standard InChI is InChI=1S/C19H19F2N3OS2/c1-10(2)6-16-23-11(3)17(27-16)18(25)24-19-22-9-14(26-19)7-12-4-5-13(20)8-15(12)21/h4-5,8-10H,6-7H2,1-3H3,(H,22,24,25). The summed E-state index contributed by atoms with van der Waals surface area (Å²) in [6.45, 7) is 6.04. The third kappa shape index (κ3) is 4.95. The van der Waals surface area contributed by atoms with Crippen molar-refractivity contribution in [2.45, 2.75) is 33.6 Å². The van der Waals surface area contributed by atoms with Crippen molar-refractivity contribution in [1.82, 2.24) is 9.97 Å². The highest BCUT2D eigenvalue weighted by molar-refractivity contribution is 7.16. The molecule has 0 fully saturated rings. The molecule has 1 aromatic carbocycles. The molecule has 27 heavy (non-hydrogen) atoms. The van der Waals surface area contributed by atoms with Crippen LogP contribution >= 0.6 is 22.7 Å². The van der Waals surface area contributed by atoms with Gasteiger partial charge in [-0.25, -0.2) is 18.7 Å². The largest absolute Gasteiger partial charge is 0.297 e. The number of nitrogens with zero attached hydrogens (tertiary/aromatic N) is 2. The highest BCUT2D eigenvalue weighted by Crippen LogP contribution is 2.25. The number of hydrogen-bond acceptors (Lipinski definition) is 5. The summed E-state index contributed by atoms with van der Waals surface area (Å²) in [5, 5.41) is 4.16. The molecular formula is C19H19F2N3OS2. The maximum absolute atomic E-state index is 13.8. The van der Waals surface area contributed by atoms with Crippen molar-refractivity contribution < 1.29 is 13.6 Å². The molecule has 1 amide bonds. The number of nitrogens with one attached hydrogen (secondary N) is 1. The average molecular weight is 408 g/mol. The van der Waals surface area contributed by atoms with E-state index in [2.05, 4.69) is 29.1 Å². The summed E-state index contributed by atoms with van der Waals surface area (Å²) in [4.78, 5) is 22.5. The molecular weight excluding hydrogens is 388 g/mol. The van der Waals surface area contributed by atoms with Crippen molar-refractivity contribution in [2.75, 3.05) is 5.32 Å². The Labute approximate surface area is 164 Å². The molecule has 0 radical (unpaired) electrons. The molecule has 0 atom stereocenters. The van der Waals surface area contributed by atoms with Crippen LogP contribution in [0.2, 0.25) is 0 Å². The van der Waals surface area contributed by atoms with E-state index in [1.165, 1.54) is 34.8 Å². The van der Waals surface area contributed by atoms with Crippen LogP contribution in [0.1, 0.15) is 44.7 Å². The molecule has 0 aliphatic heterocycles. The molecule has 0 unspecified atom stereocenters. The zero-order chi connectivity index (χ0) is 19.6. The minimum atomic E-state index is -0.606. The lowest BCUT2D eigenvalue weighted by Gasteiger charge is -2.01. The number of aromatic nitrogens is 2. The van der Waals surface area contributed by atoms with Crippen molar-refractivity contribution in [3.05, 3.63) is 62.0 Å². The summed E-state index contributed by atoms with van der Waals surface area (Å²) in [5.41, 5.74) is 1.09. The number of carbonyl (C=O) groups excluding carboxylic acids is 1. The van der Waals surface area contributed by atoms with Crippen molar-refractivity contribution in [2.24, 2.45) is 5.92 Å². The van der Waals surface area contributed by atoms with E-state index in [0.717, 1.165) is 22.4 Å². The Balaban J connectivity index is 1.68. The van der Waals surface area contributed by atoms with Crippen LogP contribution in [0.4, 0.5) is 13.9 Å². The van der Waals surface area contributed by atoms with E-state index in [1.807, 2.05) is 6.92 Å².